The quantitative estimate of drug-likeness (QED) is 0.566. The van der Waals surface area contributed by atoms with E-state index in [1.165, 1.54) is 19.3 Å². The number of hydrogen-bond donors (Lipinski definition) is 1. The molecule has 0 saturated heterocycles. The molecular formula is C7H12O2. The van der Waals surface area contributed by atoms with Crippen LogP contribution in [0.5, 0.6) is 0 Å². The summed E-state index contributed by atoms with van der Waals surface area (Å²) in [5, 5.41) is 8.71. The van der Waals surface area contributed by atoms with Crippen molar-refractivity contribution in [3.05, 3.63) is 25.3 Å². The lowest BCUT2D eigenvalue weighted by atomic mass is 10.1. The van der Waals surface area contributed by atoms with Crippen LogP contribution in [-0.4, -0.2) is 24.4 Å². The van der Waals surface area contributed by atoms with Crippen molar-refractivity contribution in [1.29, 1.82) is 0 Å². The lowest BCUT2D eigenvalue weighted by Gasteiger charge is -2.21. The molecule has 0 aromatic carbocycles. The molecule has 0 saturated carbocycles. The highest BCUT2D eigenvalue weighted by molar-refractivity contribution is 5.09. The van der Waals surface area contributed by atoms with E-state index in [1.54, 1.807) is 0 Å². The van der Waals surface area contributed by atoms with Gasteiger partial charge >= 0.3 is 0 Å². The average molecular weight is 128 g/mol. The Balaban J connectivity index is 4.15. The molecule has 0 rings (SSSR count). The maximum atomic E-state index is 8.71. The molecule has 0 amide bonds. The number of aliphatic hydroxyl groups excluding tert-OH is 1. The third-order valence-electron chi connectivity index (χ3n) is 1.32. The second-order valence-electron chi connectivity index (χ2n) is 1.73. The van der Waals surface area contributed by atoms with Gasteiger partial charge in [0, 0.05) is 7.11 Å². The Morgan fingerprint density at radius 3 is 2.00 bits per heavy atom. The third kappa shape index (κ3) is 1.66. The highest BCUT2D eigenvalue weighted by Crippen LogP contribution is 2.10. The normalized spacial score (nSPS) is 10.9. The molecule has 0 heterocycles. The topological polar surface area (TPSA) is 29.5 Å². The molecule has 0 radical (unpaired) electrons. The highest BCUT2D eigenvalue weighted by Gasteiger charge is 2.19. The third-order valence-corrected chi connectivity index (χ3v) is 1.32. The van der Waals surface area contributed by atoms with Crippen LogP contribution in [0.4, 0.5) is 0 Å². The Bertz CT molecular complexity index is 93.5. The van der Waals surface area contributed by atoms with Crippen LogP contribution < -0.4 is 0 Å². The molecule has 0 fully saturated rings. The summed E-state index contributed by atoms with van der Waals surface area (Å²) < 4.78 is 4.90. The molecule has 0 atom stereocenters. The van der Waals surface area contributed by atoms with Crippen LogP contribution in [0.25, 0.3) is 0 Å². The standard InChI is InChI=1S/C7H12O2/c1-4-7(5-2,6-8)9-3/h4-5,8H,1-2,6H2,3H3. The van der Waals surface area contributed by atoms with Gasteiger partial charge in [0.25, 0.3) is 0 Å². The number of ether oxygens (including phenoxy) is 1. The minimum absolute atomic E-state index is 0.115. The summed E-state index contributed by atoms with van der Waals surface area (Å²) in [5.41, 5.74) is -0.750. The first-order valence-electron chi connectivity index (χ1n) is 2.68. The fourth-order valence-electron chi connectivity index (χ4n) is 0.444. The van der Waals surface area contributed by atoms with Crippen molar-refractivity contribution in [2.24, 2.45) is 0 Å². The van der Waals surface area contributed by atoms with E-state index in [1.807, 2.05) is 0 Å². The van der Waals surface area contributed by atoms with Gasteiger partial charge in [0.2, 0.25) is 0 Å². The van der Waals surface area contributed by atoms with E-state index in [0.717, 1.165) is 0 Å². The number of methoxy groups -OCH3 is 1. The first-order valence-corrected chi connectivity index (χ1v) is 2.68. The molecule has 52 valence electrons. The summed E-state index contributed by atoms with van der Waals surface area (Å²) >= 11 is 0. The lowest BCUT2D eigenvalue weighted by Crippen LogP contribution is -2.29. The summed E-state index contributed by atoms with van der Waals surface area (Å²) in [6, 6.07) is 0. The van der Waals surface area contributed by atoms with Crippen molar-refractivity contribution >= 4 is 0 Å². The largest absolute Gasteiger partial charge is 0.393 e. The fourth-order valence-corrected chi connectivity index (χ4v) is 0.444. The SMILES string of the molecule is C=CC(C=C)(CO)OC. The summed E-state index contributed by atoms with van der Waals surface area (Å²) in [6.07, 6.45) is 3.03. The Morgan fingerprint density at radius 1 is 1.56 bits per heavy atom. The first-order chi connectivity index (χ1) is 4.24. The molecule has 0 aromatic rings. The van der Waals surface area contributed by atoms with E-state index in [0.29, 0.717) is 0 Å². The van der Waals surface area contributed by atoms with E-state index in [2.05, 4.69) is 13.2 Å². The highest BCUT2D eigenvalue weighted by atomic mass is 16.5. The van der Waals surface area contributed by atoms with Crippen molar-refractivity contribution < 1.29 is 9.84 Å². The summed E-state index contributed by atoms with van der Waals surface area (Å²) in [7, 11) is 1.50. The molecule has 1 N–H and O–H groups in total. The van der Waals surface area contributed by atoms with Gasteiger partial charge in [-0.1, -0.05) is 25.3 Å². The van der Waals surface area contributed by atoms with Gasteiger partial charge in [0.15, 0.2) is 0 Å². The molecule has 0 aliphatic carbocycles. The zero-order valence-corrected chi connectivity index (χ0v) is 5.63. The average Bonchev–Trinajstić information content (AvgIpc) is 1.95. The van der Waals surface area contributed by atoms with Gasteiger partial charge in [-0.05, 0) is 0 Å². The summed E-state index contributed by atoms with van der Waals surface area (Å²) in [4.78, 5) is 0. The molecule has 0 bridgehead atoms. The van der Waals surface area contributed by atoms with E-state index in [4.69, 9.17) is 9.84 Å². The Labute approximate surface area is 55.5 Å². The smallest absolute Gasteiger partial charge is 0.126 e. The van der Waals surface area contributed by atoms with Crippen LogP contribution in [-0.2, 0) is 4.74 Å². The van der Waals surface area contributed by atoms with Gasteiger partial charge in [-0.15, -0.1) is 0 Å². The zero-order valence-electron chi connectivity index (χ0n) is 5.63. The van der Waals surface area contributed by atoms with Crippen LogP contribution in [0.15, 0.2) is 25.3 Å². The van der Waals surface area contributed by atoms with Crippen molar-refractivity contribution in [2.45, 2.75) is 5.60 Å². The molecule has 0 aliphatic heterocycles. The second kappa shape index (κ2) is 3.43. The van der Waals surface area contributed by atoms with Crippen molar-refractivity contribution in [3.8, 4) is 0 Å². The van der Waals surface area contributed by atoms with E-state index >= 15 is 0 Å². The molecule has 0 unspecified atom stereocenters. The predicted octanol–water partition coefficient (Wildman–Crippen LogP) is 0.736. The monoisotopic (exact) mass is 128 g/mol. The lowest BCUT2D eigenvalue weighted by molar-refractivity contribution is 0.0233. The minimum Gasteiger partial charge on any atom is -0.393 e. The summed E-state index contributed by atoms with van der Waals surface area (Å²) in [6.45, 7) is 6.86. The van der Waals surface area contributed by atoms with Crippen LogP contribution in [0.3, 0.4) is 0 Å². The Morgan fingerprint density at radius 2 is 2.00 bits per heavy atom. The molecule has 0 aliphatic rings. The number of hydrogen-bond acceptors (Lipinski definition) is 2. The van der Waals surface area contributed by atoms with E-state index in [9.17, 15) is 0 Å². The summed E-state index contributed by atoms with van der Waals surface area (Å²) in [5.74, 6) is 0. The van der Waals surface area contributed by atoms with Crippen molar-refractivity contribution in [2.75, 3.05) is 13.7 Å². The Kier molecular flexibility index (Phi) is 3.20. The van der Waals surface area contributed by atoms with Crippen LogP contribution in [0.2, 0.25) is 0 Å². The number of rotatable bonds is 4. The van der Waals surface area contributed by atoms with Gasteiger partial charge < -0.3 is 9.84 Å². The van der Waals surface area contributed by atoms with Crippen molar-refractivity contribution in [3.63, 3.8) is 0 Å². The first kappa shape index (κ1) is 8.40. The van der Waals surface area contributed by atoms with Gasteiger partial charge in [0.05, 0.1) is 6.61 Å². The van der Waals surface area contributed by atoms with Crippen molar-refractivity contribution in [1.82, 2.24) is 0 Å². The van der Waals surface area contributed by atoms with Gasteiger partial charge in [-0.25, -0.2) is 0 Å². The Hall–Kier alpha value is -0.600. The predicted molar refractivity (Wildman–Crippen MR) is 37.2 cm³/mol. The maximum Gasteiger partial charge on any atom is 0.126 e. The second-order valence-corrected chi connectivity index (χ2v) is 1.73. The van der Waals surface area contributed by atoms with Crippen LogP contribution in [0.1, 0.15) is 0 Å². The van der Waals surface area contributed by atoms with Gasteiger partial charge in [-0.2, -0.15) is 0 Å². The van der Waals surface area contributed by atoms with E-state index in [-0.39, 0.29) is 6.61 Å². The zero-order chi connectivity index (χ0) is 7.33. The van der Waals surface area contributed by atoms with Crippen LogP contribution >= 0.6 is 0 Å². The van der Waals surface area contributed by atoms with Gasteiger partial charge in [-0.3, -0.25) is 0 Å². The molecule has 0 spiro atoms. The van der Waals surface area contributed by atoms with Crippen LogP contribution in [0, 0.1) is 0 Å². The molecular weight excluding hydrogens is 116 g/mol. The molecule has 2 heteroatoms. The maximum absolute atomic E-state index is 8.71. The minimum atomic E-state index is -0.750. The molecule has 2 nitrogen and oxygen atoms in total. The van der Waals surface area contributed by atoms with E-state index < -0.39 is 5.60 Å². The molecule has 0 aromatic heterocycles. The number of aliphatic hydroxyl groups is 1. The molecule has 9 heavy (non-hydrogen) atoms. The van der Waals surface area contributed by atoms with Gasteiger partial charge in [0.1, 0.15) is 5.60 Å². The fraction of sp³-hybridized carbons (Fsp3) is 0.429.